The second-order valence-corrected chi connectivity index (χ2v) is 10.7. The molecule has 0 radical (unpaired) electrons. The quantitative estimate of drug-likeness (QED) is 0.644. The van der Waals surface area contributed by atoms with Crippen molar-refractivity contribution >= 4 is 11.6 Å². The Morgan fingerprint density at radius 3 is 1.40 bits per heavy atom. The predicted octanol–water partition coefficient (Wildman–Crippen LogP) is 5.31. The molecule has 0 saturated heterocycles. The van der Waals surface area contributed by atoms with Crippen LogP contribution in [0.3, 0.4) is 0 Å². The van der Waals surface area contributed by atoms with Crippen molar-refractivity contribution in [3.8, 4) is 5.75 Å². The average molecular weight is 407 g/mol. The highest BCUT2D eigenvalue weighted by Gasteiger charge is 2.24. The third-order valence-electron chi connectivity index (χ3n) is 5.81. The Kier molecular flexibility index (Phi) is 5.95. The fourth-order valence-electron chi connectivity index (χ4n) is 4.12. The van der Waals surface area contributed by atoms with Crippen molar-refractivity contribution in [2.75, 3.05) is 7.11 Å². The van der Waals surface area contributed by atoms with Gasteiger partial charge in [-0.3, -0.25) is 9.59 Å². The highest BCUT2D eigenvalue weighted by molar-refractivity contribution is 5.87. The zero-order valence-electron chi connectivity index (χ0n) is 19.4. The van der Waals surface area contributed by atoms with Gasteiger partial charge >= 0.3 is 0 Å². The van der Waals surface area contributed by atoms with Gasteiger partial charge < -0.3 is 4.74 Å². The molecule has 1 aliphatic carbocycles. The smallest absolute Gasteiger partial charge is 0.141 e. The molecule has 0 atom stereocenters. The molecule has 0 amide bonds. The Balaban J connectivity index is 2.13. The van der Waals surface area contributed by atoms with Crippen LogP contribution < -0.4 is 4.74 Å². The molecule has 3 nitrogen and oxygen atoms in total. The molecule has 0 spiro atoms. The third-order valence-corrected chi connectivity index (χ3v) is 5.81. The van der Waals surface area contributed by atoms with Crippen LogP contribution in [0, 0.1) is 0 Å². The minimum atomic E-state index is -0.0785. The summed E-state index contributed by atoms with van der Waals surface area (Å²) < 4.78 is 5.70. The molecule has 0 saturated carbocycles. The molecule has 160 valence electrons. The standard InChI is InChI=1S/C27H34O3/c1-26(2,3)21-9-17-8-18(10-21)12-24(29)16-20-14-22(27(4,5)6)13-19(25(20)30-7)15-23(28)11-17/h8-10,13-14H,11-12,15-16H2,1-7H3. The summed E-state index contributed by atoms with van der Waals surface area (Å²) in [4.78, 5) is 26.1. The van der Waals surface area contributed by atoms with Crippen LogP contribution in [0.15, 0.2) is 30.3 Å². The van der Waals surface area contributed by atoms with Gasteiger partial charge in [-0.2, -0.15) is 0 Å². The SMILES string of the molecule is COc1c2cc(C(C)(C)C)cc1CC(=O)Cc1cc(cc(C(C)(C)C)c1)CC(=O)C2. The van der Waals surface area contributed by atoms with E-state index in [0.717, 1.165) is 27.8 Å². The number of benzene rings is 2. The van der Waals surface area contributed by atoms with Gasteiger partial charge in [-0.25, -0.2) is 0 Å². The topological polar surface area (TPSA) is 43.4 Å². The van der Waals surface area contributed by atoms with Crippen molar-refractivity contribution in [3.63, 3.8) is 0 Å². The molecule has 3 rings (SSSR count). The molecule has 0 unspecified atom stereocenters. The minimum absolute atomic E-state index is 0.0386. The van der Waals surface area contributed by atoms with Gasteiger partial charge in [0.2, 0.25) is 0 Å². The monoisotopic (exact) mass is 406 g/mol. The molecule has 4 bridgehead atoms. The van der Waals surface area contributed by atoms with Crippen LogP contribution in [0.5, 0.6) is 5.75 Å². The first kappa shape index (κ1) is 22.3. The largest absolute Gasteiger partial charge is 0.496 e. The number of Topliss-reactive ketones (excluding diaryl/α,β-unsaturated/α-hetero) is 2. The lowest BCUT2D eigenvalue weighted by atomic mass is 9.81. The van der Waals surface area contributed by atoms with Crippen LogP contribution in [0.4, 0.5) is 0 Å². The van der Waals surface area contributed by atoms with Crippen molar-refractivity contribution < 1.29 is 14.3 Å². The number of rotatable bonds is 1. The number of fused-ring (bicyclic) bond motifs is 4. The van der Waals surface area contributed by atoms with E-state index in [1.165, 1.54) is 5.56 Å². The number of hydrogen-bond acceptors (Lipinski definition) is 3. The van der Waals surface area contributed by atoms with Gasteiger partial charge in [0, 0.05) is 36.8 Å². The van der Waals surface area contributed by atoms with E-state index in [0.29, 0.717) is 31.4 Å². The lowest BCUT2D eigenvalue weighted by Gasteiger charge is -2.24. The molecule has 0 aromatic heterocycles. The van der Waals surface area contributed by atoms with Crippen molar-refractivity contribution in [1.29, 1.82) is 0 Å². The van der Waals surface area contributed by atoms with Gasteiger partial charge in [0.25, 0.3) is 0 Å². The van der Waals surface area contributed by atoms with Crippen molar-refractivity contribution in [2.24, 2.45) is 0 Å². The first-order valence-corrected chi connectivity index (χ1v) is 10.7. The molecule has 3 heteroatoms. The van der Waals surface area contributed by atoms with E-state index >= 15 is 0 Å². The van der Waals surface area contributed by atoms with E-state index in [1.54, 1.807) is 7.11 Å². The summed E-state index contributed by atoms with van der Waals surface area (Å²) >= 11 is 0. The molecule has 2 aromatic rings. The number of methoxy groups -OCH3 is 1. The first-order valence-electron chi connectivity index (χ1n) is 10.7. The van der Waals surface area contributed by atoms with Crippen LogP contribution in [-0.2, 0) is 46.1 Å². The maximum absolute atomic E-state index is 13.0. The number of hydrogen-bond donors (Lipinski definition) is 0. The average Bonchev–Trinajstić information content (AvgIpc) is 2.58. The van der Waals surface area contributed by atoms with Gasteiger partial charge in [-0.05, 0) is 33.1 Å². The van der Waals surface area contributed by atoms with Crippen LogP contribution in [0.1, 0.15) is 74.9 Å². The summed E-state index contributed by atoms with van der Waals surface area (Å²) in [5.41, 5.74) is 5.91. The fraction of sp³-hybridized carbons (Fsp3) is 0.481. The highest BCUT2D eigenvalue weighted by atomic mass is 16.5. The molecule has 30 heavy (non-hydrogen) atoms. The highest BCUT2D eigenvalue weighted by Crippen LogP contribution is 2.34. The van der Waals surface area contributed by atoms with Crippen LogP contribution in [0.2, 0.25) is 0 Å². The fourth-order valence-corrected chi connectivity index (χ4v) is 4.12. The van der Waals surface area contributed by atoms with E-state index < -0.39 is 0 Å². The summed E-state index contributed by atoms with van der Waals surface area (Å²) in [5.74, 6) is 1.01. The molecule has 0 N–H and O–H groups in total. The summed E-state index contributed by atoms with van der Waals surface area (Å²) in [6.07, 6.45) is 1.35. The molecule has 1 aliphatic rings. The zero-order chi connectivity index (χ0) is 22.3. The van der Waals surface area contributed by atoms with Gasteiger partial charge in [0.05, 0.1) is 7.11 Å². The summed E-state index contributed by atoms with van der Waals surface area (Å²) in [7, 11) is 1.62. The van der Waals surface area contributed by atoms with Gasteiger partial charge in [-0.15, -0.1) is 0 Å². The number of carbonyl (C=O) groups excluding carboxylic acids is 2. The molecular weight excluding hydrogens is 372 g/mol. The Labute approximate surface area is 180 Å². The Hall–Kier alpha value is -2.42. The number of ether oxygens (including phenoxy) is 1. The minimum Gasteiger partial charge on any atom is -0.496 e. The summed E-state index contributed by atoms with van der Waals surface area (Å²) in [6.45, 7) is 12.9. The van der Waals surface area contributed by atoms with Gasteiger partial charge in [0.1, 0.15) is 17.3 Å². The van der Waals surface area contributed by atoms with E-state index in [1.807, 2.05) is 6.07 Å². The molecule has 0 aliphatic heterocycles. The summed E-state index contributed by atoms with van der Waals surface area (Å²) in [5, 5.41) is 0. The molecule has 2 aromatic carbocycles. The second-order valence-electron chi connectivity index (χ2n) is 10.7. The Morgan fingerprint density at radius 1 is 0.633 bits per heavy atom. The van der Waals surface area contributed by atoms with Crippen LogP contribution >= 0.6 is 0 Å². The van der Waals surface area contributed by atoms with Crippen LogP contribution in [0.25, 0.3) is 0 Å². The number of carbonyl (C=O) groups is 2. The van der Waals surface area contributed by atoms with E-state index in [4.69, 9.17) is 4.74 Å². The van der Waals surface area contributed by atoms with E-state index in [2.05, 4.69) is 65.8 Å². The van der Waals surface area contributed by atoms with Gasteiger partial charge in [0.15, 0.2) is 0 Å². The van der Waals surface area contributed by atoms with Crippen molar-refractivity contribution in [2.45, 2.75) is 78.1 Å². The number of ketones is 2. The predicted molar refractivity (Wildman–Crippen MR) is 122 cm³/mol. The van der Waals surface area contributed by atoms with Crippen LogP contribution in [-0.4, -0.2) is 18.7 Å². The third kappa shape index (κ3) is 5.00. The lowest BCUT2D eigenvalue weighted by Crippen LogP contribution is -2.18. The maximum Gasteiger partial charge on any atom is 0.141 e. The first-order chi connectivity index (χ1) is 13.9. The zero-order valence-corrected chi connectivity index (χ0v) is 19.4. The second kappa shape index (κ2) is 8.02. The Morgan fingerprint density at radius 2 is 1.03 bits per heavy atom. The summed E-state index contributed by atoms with van der Waals surface area (Å²) in [6, 6.07) is 10.4. The van der Waals surface area contributed by atoms with E-state index in [-0.39, 0.29) is 22.4 Å². The normalized spacial score (nSPS) is 15.4. The van der Waals surface area contributed by atoms with Gasteiger partial charge in [-0.1, -0.05) is 71.9 Å². The lowest BCUT2D eigenvalue weighted by molar-refractivity contribution is -0.118. The maximum atomic E-state index is 13.0. The van der Waals surface area contributed by atoms with Crippen molar-refractivity contribution in [1.82, 2.24) is 0 Å². The Bertz CT molecular complexity index is 925. The van der Waals surface area contributed by atoms with E-state index in [9.17, 15) is 9.59 Å². The molecule has 0 heterocycles. The molecule has 0 fully saturated rings. The van der Waals surface area contributed by atoms with Crippen molar-refractivity contribution in [3.05, 3.63) is 63.7 Å². The molecular formula is C27H34O3.